The highest BCUT2D eigenvalue weighted by Crippen LogP contribution is 2.29. The quantitative estimate of drug-likeness (QED) is 0.597. The first-order valence-electron chi connectivity index (χ1n) is 5.76. The van der Waals surface area contributed by atoms with Gasteiger partial charge < -0.3 is 0 Å². The lowest BCUT2D eigenvalue weighted by atomic mass is 9.98. The van der Waals surface area contributed by atoms with Crippen LogP contribution in [0.15, 0.2) is 60.8 Å². The van der Waals surface area contributed by atoms with Gasteiger partial charge in [0.2, 0.25) is 0 Å². The molecular formula is C16H13N. The number of pyridine rings is 1. The summed E-state index contributed by atoms with van der Waals surface area (Å²) in [5.74, 6) is 0. The molecule has 3 rings (SSSR count). The molecule has 1 nitrogen and oxygen atoms in total. The lowest BCUT2D eigenvalue weighted by molar-refractivity contribution is 1.40. The molecule has 0 bridgehead atoms. The molecule has 3 aromatic rings. The molecule has 0 aliphatic carbocycles. The zero-order valence-corrected chi connectivity index (χ0v) is 9.72. The van der Waals surface area contributed by atoms with Gasteiger partial charge in [0.25, 0.3) is 0 Å². The summed E-state index contributed by atoms with van der Waals surface area (Å²) in [6, 6.07) is 18.8. The predicted octanol–water partition coefficient (Wildman–Crippen LogP) is 4.21. The van der Waals surface area contributed by atoms with E-state index in [2.05, 4.69) is 60.4 Å². The van der Waals surface area contributed by atoms with Crippen LogP contribution in [0.25, 0.3) is 22.0 Å². The van der Waals surface area contributed by atoms with E-state index in [0.717, 1.165) is 5.52 Å². The highest BCUT2D eigenvalue weighted by Gasteiger charge is 2.05. The number of fused-ring (bicyclic) bond motifs is 1. The maximum absolute atomic E-state index is 4.40. The number of aromatic nitrogens is 1. The largest absolute Gasteiger partial charge is 0.256 e. The summed E-state index contributed by atoms with van der Waals surface area (Å²) in [5, 5.41) is 1.21. The van der Waals surface area contributed by atoms with Crippen molar-refractivity contribution in [1.29, 1.82) is 0 Å². The summed E-state index contributed by atoms with van der Waals surface area (Å²) in [5.41, 5.74) is 4.89. The van der Waals surface area contributed by atoms with Crippen molar-refractivity contribution < 1.29 is 0 Å². The zero-order chi connectivity index (χ0) is 11.7. The molecule has 0 saturated heterocycles. The second kappa shape index (κ2) is 4.02. The molecular weight excluding hydrogens is 206 g/mol. The van der Waals surface area contributed by atoms with E-state index in [-0.39, 0.29) is 0 Å². The van der Waals surface area contributed by atoms with Gasteiger partial charge in [-0.3, -0.25) is 4.98 Å². The van der Waals surface area contributed by atoms with Crippen molar-refractivity contribution in [2.45, 2.75) is 6.92 Å². The van der Waals surface area contributed by atoms with E-state index in [9.17, 15) is 0 Å². The van der Waals surface area contributed by atoms with Crippen LogP contribution in [0.4, 0.5) is 0 Å². The van der Waals surface area contributed by atoms with Crippen LogP contribution in [0.3, 0.4) is 0 Å². The van der Waals surface area contributed by atoms with Crippen molar-refractivity contribution in [3.63, 3.8) is 0 Å². The molecule has 17 heavy (non-hydrogen) atoms. The van der Waals surface area contributed by atoms with Gasteiger partial charge in [0, 0.05) is 11.6 Å². The number of hydrogen-bond acceptors (Lipinski definition) is 1. The van der Waals surface area contributed by atoms with Crippen molar-refractivity contribution in [3.8, 4) is 11.1 Å². The summed E-state index contributed by atoms with van der Waals surface area (Å²) < 4.78 is 0. The molecule has 82 valence electrons. The van der Waals surface area contributed by atoms with Crippen molar-refractivity contribution in [3.05, 3.63) is 66.4 Å². The monoisotopic (exact) mass is 219 g/mol. The topological polar surface area (TPSA) is 12.9 Å². The van der Waals surface area contributed by atoms with E-state index in [1.54, 1.807) is 0 Å². The second-order valence-electron chi connectivity index (χ2n) is 4.19. The first-order valence-corrected chi connectivity index (χ1v) is 5.76. The fraction of sp³-hybridized carbons (Fsp3) is 0.0625. The second-order valence-corrected chi connectivity index (χ2v) is 4.19. The van der Waals surface area contributed by atoms with E-state index >= 15 is 0 Å². The summed E-state index contributed by atoms with van der Waals surface area (Å²) >= 11 is 0. The third-order valence-electron chi connectivity index (χ3n) is 3.08. The highest BCUT2D eigenvalue weighted by molar-refractivity contribution is 5.94. The Balaban J connectivity index is 2.35. The molecule has 0 radical (unpaired) electrons. The van der Waals surface area contributed by atoms with Crippen LogP contribution in [0.2, 0.25) is 0 Å². The third-order valence-corrected chi connectivity index (χ3v) is 3.08. The fourth-order valence-corrected chi connectivity index (χ4v) is 2.21. The van der Waals surface area contributed by atoms with Crippen LogP contribution in [0, 0.1) is 6.92 Å². The van der Waals surface area contributed by atoms with Gasteiger partial charge >= 0.3 is 0 Å². The molecule has 0 atom stereocenters. The van der Waals surface area contributed by atoms with E-state index < -0.39 is 0 Å². The molecule has 1 aromatic heterocycles. The minimum atomic E-state index is 1.05. The van der Waals surface area contributed by atoms with Crippen molar-refractivity contribution in [2.75, 3.05) is 0 Å². The SMILES string of the molecule is Cc1ccccc1-c1ccnc2ccccc12. The summed E-state index contributed by atoms with van der Waals surface area (Å²) in [7, 11) is 0. The summed E-state index contributed by atoms with van der Waals surface area (Å²) in [6.07, 6.45) is 1.88. The normalized spacial score (nSPS) is 10.6. The average Bonchev–Trinajstić information content (AvgIpc) is 2.39. The standard InChI is InChI=1S/C16H13N/c1-12-6-2-3-7-13(12)14-10-11-17-16-9-5-4-8-15(14)16/h2-11H,1H3. The van der Waals surface area contributed by atoms with E-state index in [1.165, 1.54) is 22.1 Å². The van der Waals surface area contributed by atoms with E-state index in [4.69, 9.17) is 0 Å². The summed E-state index contributed by atoms with van der Waals surface area (Å²) in [6.45, 7) is 2.14. The van der Waals surface area contributed by atoms with E-state index in [0.29, 0.717) is 0 Å². The third kappa shape index (κ3) is 1.70. The molecule has 0 unspecified atom stereocenters. The Labute approximate surface area is 101 Å². The molecule has 0 fully saturated rings. The average molecular weight is 219 g/mol. The number of benzene rings is 2. The molecule has 0 amide bonds. The van der Waals surface area contributed by atoms with Gasteiger partial charge in [-0.05, 0) is 35.7 Å². The van der Waals surface area contributed by atoms with Gasteiger partial charge in [0.1, 0.15) is 0 Å². The van der Waals surface area contributed by atoms with Crippen LogP contribution in [0.1, 0.15) is 5.56 Å². The lowest BCUT2D eigenvalue weighted by Gasteiger charge is -2.08. The fourth-order valence-electron chi connectivity index (χ4n) is 2.21. The molecule has 0 aliphatic heterocycles. The Hall–Kier alpha value is -2.15. The van der Waals surface area contributed by atoms with Crippen LogP contribution in [0.5, 0.6) is 0 Å². The molecule has 0 saturated carbocycles. The van der Waals surface area contributed by atoms with Crippen molar-refractivity contribution in [1.82, 2.24) is 4.98 Å². The first kappa shape index (κ1) is 10.0. The van der Waals surface area contributed by atoms with Gasteiger partial charge in [-0.1, -0.05) is 42.5 Å². The van der Waals surface area contributed by atoms with Gasteiger partial charge in [0.15, 0.2) is 0 Å². The number of hydrogen-bond donors (Lipinski definition) is 0. The first-order chi connectivity index (χ1) is 8.36. The number of rotatable bonds is 1. The summed E-state index contributed by atoms with van der Waals surface area (Å²) in [4.78, 5) is 4.40. The van der Waals surface area contributed by atoms with Crippen LogP contribution in [-0.2, 0) is 0 Å². The zero-order valence-electron chi connectivity index (χ0n) is 9.72. The minimum Gasteiger partial charge on any atom is -0.256 e. The Morgan fingerprint density at radius 1 is 0.765 bits per heavy atom. The Kier molecular flexibility index (Phi) is 2.37. The minimum absolute atomic E-state index is 1.05. The molecule has 0 aliphatic rings. The van der Waals surface area contributed by atoms with Crippen LogP contribution in [-0.4, -0.2) is 4.98 Å². The van der Waals surface area contributed by atoms with Crippen LogP contribution >= 0.6 is 0 Å². The maximum Gasteiger partial charge on any atom is 0.0708 e. The van der Waals surface area contributed by atoms with Gasteiger partial charge in [-0.25, -0.2) is 0 Å². The smallest absolute Gasteiger partial charge is 0.0708 e. The molecule has 1 heterocycles. The van der Waals surface area contributed by atoms with Gasteiger partial charge in [0.05, 0.1) is 5.52 Å². The Bertz CT molecular complexity index is 666. The molecule has 0 N–H and O–H groups in total. The van der Waals surface area contributed by atoms with Crippen LogP contribution < -0.4 is 0 Å². The Morgan fingerprint density at radius 3 is 2.41 bits per heavy atom. The molecule has 0 spiro atoms. The maximum atomic E-state index is 4.40. The lowest BCUT2D eigenvalue weighted by Crippen LogP contribution is -1.86. The molecule has 1 heteroatoms. The number of aryl methyl sites for hydroxylation is 1. The predicted molar refractivity (Wildman–Crippen MR) is 71.9 cm³/mol. The number of para-hydroxylation sites is 1. The number of nitrogens with zero attached hydrogens (tertiary/aromatic N) is 1. The molecule has 2 aromatic carbocycles. The van der Waals surface area contributed by atoms with Crippen molar-refractivity contribution in [2.24, 2.45) is 0 Å². The van der Waals surface area contributed by atoms with Gasteiger partial charge in [-0.2, -0.15) is 0 Å². The van der Waals surface area contributed by atoms with Crippen molar-refractivity contribution >= 4 is 10.9 Å². The Morgan fingerprint density at radius 2 is 1.53 bits per heavy atom. The highest BCUT2D eigenvalue weighted by atomic mass is 14.6. The van der Waals surface area contributed by atoms with Gasteiger partial charge in [-0.15, -0.1) is 0 Å². The van der Waals surface area contributed by atoms with E-state index in [1.807, 2.05) is 12.3 Å².